The van der Waals surface area contributed by atoms with Crippen LogP contribution in [-0.2, 0) is 16.1 Å². The van der Waals surface area contributed by atoms with Crippen LogP contribution in [0.1, 0.15) is 33.5 Å². The SMILES string of the molecule is CCOC(=O)c1c(COC(=O)c2ccc(OC)cc2)nc2ccc(OC)cc2[n+]1[O-]. The Bertz CT molecular complexity index is 1080. The molecule has 0 unspecified atom stereocenters. The molecule has 0 aliphatic carbocycles. The zero-order valence-corrected chi connectivity index (χ0v) is 16.7. The number of fused-ring (bicyclic) bond motifs is 1. The van der Waals surface area contributed by atoms with E-state index in [1.54, 1.807) is 43.3 Å². The van der Waals surface area contributed by atoms with E-state index in [0.29, 0.717) is 21.7 Å². The Morgan fingerprint density at radius 3 is 2.27 bits per heavy atom. The van der Waals surface area contributed by atoms with Crippen molar-refractivity contribution in [1.29, 1.82) is 0 Å². The van der Waals surface area contributed by atoms with Crippen LogP contribution in [0.15, 0.2) is 42.5 Å². The number of ether oxygens (including phenoxy) is 4. The Hall–Kier alpha value is -3.88. The third-order valence-electron chi connectivity index (χ3n) is 4.27. The van der Waals surface area contributed by atoms with Crippen LogP contribution in [0.25, 0.3) is 11.0 Å². The molecule has 0 atom stereocenters. The predicted molar refractivity (Wildman–Crippen MR) is 105 cm³/mol. The van der Waals surface area contributed by atoms with Gasteiger partial charge in [0.05, 0.1) is 32.5 Å². The number of nitrogens with zero attached hydrogens (tertiary/aromatic N) is 2. The number of carbonyl (C=O) groups is 2. The second-order valence-corrected chi connectivity index (χ2v) is 6.08. The topological polar surface area (TPSA) is 111 Å². The van der Waals surface area contributed by atoms with E-state index < -0.39 is 11.9 Å². The zero-order valence-electron chi connectivity index (χ0n) is 16.7. The fourth-order valence-electron chi connectivity index (χ4n) is 2.77. The molecular formula is C21H20N2O7. The first-order valence-corrected chi connectivity index (χ1v) is 9.07. The maximum absolute atomic E-state index is 12.9. The third kappa shape index (κ3) is 4.24. The monoisotopic (exact) mass is 412 g/mol. The van der Waals surface area contributed by atoms with Crippen molar-refractivity contribution in [1.82, 2.24) is 4.98 Å². The molecule has 3 rings (SSSR count). The molecule has 9 nitrogen and oxygen atoms in total. The van der Waals surface area contributed by atoms with E-state index in [0.717, 1.165) is 0 Å². The summed E-state index contributed by atoms with van der Waals surface area (Å²) >= 11 is 0. The fourth-order valence-corrected chi connectivity index (χ4v) is 2.77. The summed E-state index contributed by atoms with van der Waals surface area (Å²) in [5.41, 5.74) is 0.370. The van der Waals surface area contributed by atoms with Gasteiger partial charge in [0.25, 0.3) is 0 Å². The first-order chi connectivity index (χ1) is 14.5. The molecule has 0 aliphatic rings. The van der Waals surface area contributed by atoms with E-state index in [9.17, 15) is 14.8 Å². The van der Waals surface area contributed by atoms with Gasteiger partial charge in [0.1, 0.15) is 23.6 Å². The van der Waals surface area contributed by atoms with Crippen LogP contribution in [0, 0.1) is 5.21 Å². The van der Waals surface area contributed by atoms with Crippen LogP contribution in [-0.4, -0.2) is 37.7 Å². The summed E-state index contributed by atoms with van der Waals surface area (Å²) in [6.07, 6.45) is 0. The summed E-state index contributed by atoms with van der Waals surface area (Å²) in [5, 5.41) is 12.9. The van der Waals surface area contributed by atoms with Crippen molar-refractivity contribution >= 4 is 23.0 Å². The van der Waals surface area contributed by atoms with Crippen molar-refractivity contribution in [2.24, 2.45) is 0 Å². The molecule has 2 aromatic carbocycles. The average molecular weight is 412 g/mol. The number of rotatable bonds is 7. The van der Waals surface area contributed by atoms with Crippen LogP contribution >= 0.6 is 0 Å². The molecule has 0 aliphatic heterocycles. The first-order valence-electron chi connectivity index (χ1n) is 9.07. The van der Waals surface area contributed by atoms with Gasteiger partial charge in [-0.2, -0.15) is 4.73 Å². The smallest absolute Gasteiger partial charge is 0.407 e. The molecule has 3 aromatic rings. The highest BCUT2D eigenvalue weighted by atomic mass is 16.5. The molecule has 0 amide bonds. The van der Waals surface area contributed by atoms with Crippen LogP contribution < -0.4 is 14.2 Å². The number of carbonyl (C=O) groups excluding carboxylic acids is 2. The third-order valence-corrected chi connectivity index (χ3v) is 4.27. The maximum Gasteiger partial charge on any atom is 0.407 e. The van der Waals surface area contributed by atoms with Gasteiger partial charge in [0.2, 0.25) is 5.52 Å². The Balaban J connectivity index is 1.95. The summed E-state index contributed by atoms with van der Waals surface area (Å²) in [5.74, 6) is -0.473. The lowest BCUT2D eigenvalue weighted by Crippen LogP contribution is -2.39. The highest BCUT2D eigenvalue weighted by Gasteiger charge is 2.28. The molecule has 156 valence electrons. The molecule has 0 N–H and O–H groups in total. The minimum Gasteiger partial charge on any atom is -0.618 e. The second-order valence-electron chi connectivity index (χ2n) is 6.08. The largest absolute Gasteiger partial charge is 0.618 e. The van der Waals surface area contributed by atoms with Gasteiger partial charge >= 0.3 is 17.6 Å². The zero-order chi connectivity index (χ0) is 21.7. The number of hydrogen-bond acceptors (Lipinski definition) is 8. The molecule has 1 heterocycles. The summed E-state index contributed by atoms with van der Waals surface area (Å²) in [6.45, 7) is 1.30. The second kappa shape index (κ2) is 9.08. The van der Waals surface area contributed by atoms with Crippen molar-refractivity contribution in [3.63, 3.8) is 0 Å². The average Bonchev–Trinajstić information content (AvgIpc) is 2.77. The van der Waals surface area contributed by atoms with Gasteiger partial charge in [-0.3, -0.25) is 0 Å². The van der Waals surface area contributed by atoms with Gasteiger partial charge in [-0.25, -0.2) is 14.6 Å². The Morgan fingerprint density at radius 1 is 0.967 bits per heavy atom. The lowest BCUT2D eigenvalue weighted by atomic mass is 10.2. The Kier molecular flexibility index (Phi) is 6.31. The quantitative estimate of drug-likeness (QED) is 0.330. The minimum absolute atomic E-state index is 0.0111. The number of esters is 2. The molecule has 9 heteroatoms. The maximum atomic E-state index is 12.9. The van der Waals surface area contributed by atoms with E-state index in [4.69, 9.17) is 18.9 Å². The van der Waals surface area contributed by atoms with Crippen LogP contribution in [0.3, 0.4) is 0 Å². The summed E-state index contributed by atoms with van der Waals surface area (Å²) in [6, 6.07) is 11.0. The van der Waals surface area contributed by atoms with E-state index in [1.165, 1.54) is 20.3 Å². The molecule has 0 saturated heterocycles. The number of methoxy groups -OCH3 is 2. The summed E-state index contributed by atoms with van der Waals surface area (Å²) in [7, 11) is 2.98. The molecule has 0 bridgehead atoms. The van der Waals surface area contributed by atoms with Crippen LogP contribution in [0.5, 0.6) is 11.5 Å². The highest BCUT2D eigenvalue weighted by molar-refractivity contribution is 5.90. The molecule has 0 fully saturated rings. The lowest BCUT2D eigenvalue weighted by Gasteiger charge is -2.12. The first kappa shape index (κ1) is 20.8. The molecule has 0 spiro atoms. The van der Waals surface area contributed by atoms with E-state index in [-0.39, 0.29) is 35.7 Å². The molecule has 0 saturated carbocycles. The Morgan fingerprint density at radius 2 is 1.63 bits per heavy atom. The summed E-state index contributed by atoms with van der Waals surface area (Å²) in [4.78, 5) is 29.1. The van der Waals surface area contributed by atoms with Gasteiger partial charge in [0.15, 0.2) is 5.69 Å². The molecule has 1 aromatic heterocycles. The number of hydrogen-bond donors (Lipinski definition) is 0. The van der Waals surface area contributed by atoms with E-state index >= 15 is 0 Å². The van der Waals surface area contributed by atoms with Gasteiger partial charge in [0, 0.05) is 0 Å². The van der Waals surface area contributed by atoms with Gasteiger partial charge in [-0.05, 0) is 43.3 Å². The van der Waals surface area contributed by atoms with Gasteiger partial charge in [-0.15, -0.1) is 0 Å². The molecule has 0 radical (unpaired) electrons. The van der Waals surface area contributed by atoms with Crippen molar-refractivity contribution in [2.45, 2.75) is 13.5 Å². The van der Waals surface area contributed by atoms with Crippen molar-refractivity contribution in [3.05, 3.63) is 64.6 Å². The number of benzene rings is 2. The van der Waals surface area contributed by atoms with Crippen molar-refractivity contribution in [2.75, 3.05) is 20.8 Å². The normalized spacial score (nSPS) is 10.5. The van der Waals surface area contributed by atoms with Gasteiger partial charge < -0.3 is 24.2 Å². The number of aromatic nitrogens is 2. The van der Waals surface area contributed by atoms with Crippen molar-refractivity contribution in [3.8, 4) is 11.5 Å². The predicted octanol–water partition coefficient (Wildman–Crippen LogP) is 2.42. The van der Waals surface area contributed by atoms with Gasteiger partial charge in [-0.1, -0.05) is 0 Å². The Labute approximate surface area is 172 Å². The highest BCUT2D eigenvalue weighted by Crippen LogP contribution is 2.20. The molecule has 30 heavy (non-hydrogen) atoms. The van der Waals surface area contributed by atoms with E-state index in [1.807, 2.05) is 0 Å². The fraction of sp³-hybridized carbons (Fsp3) is 0.238. The minimum atomic E-state index is -0.861. The lowest BCUT2D eigenvalue weighted by molar-refractivity contribution is -0.581. The van der Waals surface area contributed by atoms with Crippen molar-refractivity contribution < 1.29 is 33.3 Å². The summed E-state index contributed by atoms with van der Waals surface area (Å²) < 4.78 is 20.9. The van der Waals surface area contributed by atoms with Crippen LogP contribution in [0.2, 0.25) is 0 Å². The molecular weight excluding hydrogens is 392 g/mol. The standard InChI is InChI=1S/C21H20N2O7/c1-4-29-21(25)19-17(12-30-20(24)13-5-7-14(27-2)8-6-13)22-16-10-9-15(28-3)11-18(16)23(19)26/h5-11H,4,12H2,1-3H3. The van der Waals surface area contributed by atoms with Crippen LogP contribution in [0.4, 0.5) is 0 Å². The van der Waals surface area contributed by atoms with E-state index in [2.05, 4.69) is 4.98 Å².